The van der Waals surface area contributed by atoms with Gasteiger partial charge >= 0.3 is 0 Å². The van der Waals surface area contributed by atoms with Gasteiger partial charge in [-0.25, -0.2) is 4.98 Å². The van der Waals surface area contributed by atoms with Gasteiger partial charge in [0.2, 0.25) is 5.95 Å². The number of phenolic OH excluding ortho intramolecular Hbond substituents is 1. The lowest BCUT2D eigenvalue weighted by Gasteiger charge is -2.15. The van der Waals surface area contributed by atoms with Crippen LogP contribution in [0.2, 0.25) is 0 Å². The second-order valence-electron chi connectivity index (χ2n) is 4.80. The Morgan fingerprint density at radius 2 is 1.95 bits per heavy atom. The summed E-state index contributed by atoms with van der Waals surface area (Å²) >= 11 is 1.39. The van der Waals surface area contributed by atoms with Crippen LogP contribution in [-0.2, 0) is 0 Å². The molecule has 1 heterocycles. The average Bonchev–Trinajstić information content (AvgIpc) is 2.41. The summed E-state index contributed by atoms with van der Waals surface area (Å²) in [7, 11) is 1.53. The number of nitrogen functional groups attached to an aromatic ring is 2. The van der Waals surface area contributed by atoms with Crippen molar-refractivity contribution in [2.24, 2.45) is 0 Å². The highest BCUT2D eigenvalue weighted by atomic mass is 32.2. The lowest BCUT2D eigenvalue weighted by molar-refractivity contribution is 0.371. The van der Waals surface area contributed by atoms with Crippen LogP contribution >= 0.6 is 11.8 Å². The Kier molecular flexibility index (Phi) is 4.42. The second-order valence-corrected chi connectivity index (χ2v) is 5.88. The van der Waals surface area contributed by atoms with Crippen LogP contribution in [0.5, 0.6) is 11.5 Å². The van der Waals surface area contributed by atoms with Gasteiger partial charge in [-0.3, -0.25) is 0 Å². The quantitative estimate of drug-likeness (QED) is 0.797. The minimum atomic E-state index is 0.0827. The molecule has 112 valence electrons. The van der Waals surface area contributed by atoms with Crippen LogP contribution in [0.15, 0.2) is 28.1 Å². The molecule has 1 aromatic heterocycles. The molecule has 0 saturated heterocycles. The van der Waals surface area contributed by atoms with E-state index in [1.54, 1.807) is 12.3 Å². The molecule has 0 saturated carbocycles. The van der Waals surface area contributed by atoms with E-state index in [9.17, 15) is 5.11 Å². The number of methoxy groups -OCH3 is 1. The van der Waals surface area contributed by atoms with Gasteiger partial charge in [-0.1, -0.05) is 25.6 Å². The fraction of sp³-hybridized carbons (Fsp3) is 0.286. The van der Waals surface area contributed by atoms with Crippen molar-refractivity contribution in [1.29, 1.82) is 0 Å². The summed E-state index contributed by atoms with van der Waals surface area (Å²) < 4.78 is 5.16. The van der Waals surface area contributed by atoms with Gasteiger partial charge in [-0.05, 0) is 23.6 Å². The number of nitrogens with zero attached hydrogens (tertiary/aromatic N) is 2. The topological polar surface area (TPSA) is 107 Å². The Hall–Kier alpha value is -2.15. The molecule has 0 radical (unpaired) electrons. The lowest BCUT2D eigenvalue weighted by Crippen LogP contribution is -2.01. The number of rotatable bonds is 4. The third-order valence-electron chi connectivity index (χ3n) is 2.95. The van der Waals surface area contributed by atoms with Gasteiger partial charge in [0.25, 0.3) is 0 Å². The molecule has 7 heteroatoms. The molecule has 2 rings (SSSR count). The fourth-order valence-electron chi connectivity index (χ4n) is 1.86. The highest BCUT2D eigenvalue weighted by Crippen LogP contribution is 2.41. The number of aromatic nitrogens is 2. The van der Waals surface area contributed by atoms with Crippen molar-refractivity contribution in [3.05, 3.63) is 23.9 Å². The molecule has 0 unspecified atom stereocenters. The maximum absolute atomic E-state index is 9.97. The highest BCUT2D eigenvalue weighted by Gasteiger charge is 2.15. The summed E-state index contributed by atoms with van der Waals surface area (Å²) in [6.07, 6.45) is 1.58. The number of hydrogen-bond donors (Lipinski definition) is 3. The summed E-state index contributed by atoms with van der Waals surface area (Å²) in [5, 5.41) is 9.97. The van der Waals surface area contributed by atoms with Gasteiger partial charge in [-0.2, -0.15) is 4.98 Å². The van der Waals surface area contributed by atoms with E-state index < -0.39 is 0 Å². The molecule has 0 amide bonds. The Bertz CT molecular complexity index is 662. The molecule has 0 aliphatic rings. The van der Waals surface area contributed by atoms with Gasteiger partial charge in [-0.15, -0.1) is 0 Å². The van der Waals surface area contributed by atoms with E-state index in [4.69, 9.17) is 16.2 Å². The van der Waals surface area contributed by atoms with Crippen molar-refractivity contribution in [2.75, 3.05) is 18.6 Å². The first-order valence-corrected chi connectivity index (χ1v) is 7.20. The zero-order chi connectivity index (χ0) is 15.6. The molecule has 21 heavy (non-hydrogen) atoms. The van der Waals surface area contributed by atoms with E-state index in [-0.39, 0.29) is 17.6 Å². The number of aromatic hydroxyl groups is 1. The minimum Gasteiger partial charge on any atom is -0.504 e. The first kappa shape index (κ1) is 15.2. The molecular weight excluding hydrogens is 288 g/mol. The predicted molar refractivity (Wildman–Crippen MR) is 83.7 cm³/mol. The van der Waals surface area contributed by atoms with E-state index in [0.29, 0.717) is 16.5 Å². The molecule has 0 spiro atoms. The average molecular weight is 306 g/mol. The van der Waals surface area contributed by atoms with Crippen LogP contribution in [0.4, 0.5) is 11.8 Å². The van der Waals surface area contributed by atoms with Crippen molar-refractivity contribution in [2.45, 2.75) is 29.6 Å². The normalized spacial score (nSPS) is 10.9. The molecule has 2 aromatic rings. The van der Waals surface area contributed by atoms with Crippen molar-refractivity contribution in [3.8, 4) is 11.5 Å². The van der Waals surface area contributed by atoms with Gasteiger partial charge in [0.15, 0.2) is 11.5 Å². The molecule has 0 atom stereocenters. The van der Waals surface area contributed by atoms with Gasteiger partial charge in [0.1, 0.15) is 5.82 Å². The highest BCUT2D eigenvalue weighted by molar-refractivity contribution is 7.99. The summed E-state index contributed by atoms with van der Waals surface area (Å²) in [6, 6.07) is 3.49. The zero-order valence-corrected chi connectivity index (χ0v) is 12.9. The molecule has 5 N–H and O–H groups in total. The molecule has 6 nitrogen and oxygen atoms in total. The maximum atomic E-state index is 9.97. The molecule has 0 fully saturated rings. The van der Waals surface area contributed by atoms with Crippen molar-refractivity contribution < 1.29 is 9.84 Å². The number of benzene rings is 1. The standard InChI is InChI=1S/C14H18N4O2S/c1-7(2)8-4-10(20-3)9(19)5-11(8)21-12-6-17-14(16)18-13(12)15/h4-7,19H,1-3H3,(H4,15,16,17,18). The van der Waals surface area contributed by atoms with Crippen molar-refractivity contribution >= 4 is 23.5 Å². The van der Waals surface area contributed by atoms with Crippen molar-refractivity contribution in [3.63, 3.8) is 0 Å². The Balaban J connectivity index is 2.45. The molecule has 0 aliphatic heterocycles. The molecular formula is C14H18N4O2S. The van der Waals surface area contributed by atoms with E-state index in [1.807, 2.05) is 6.07 Å². The smallest absolute Gasteiger partial charge is 0.221 e. The fourth-order valence-corrected chi connectivity index (χ4v) is 2.94. The van der Waals surface area contributed by atoms with Gasteiger partial charge < -0.3 is 21.3 Å². The first-order valence-electron chi connectivity index (χ1n) is 6.39. The molecule has 0 aliphatic carbocycles. The largest absolute Gasteiger partial charge is 0.504 e. The van der Waals surface area contributed by atoms with Crippen LogP contribution in [0.25, 0.3) is 0 Å². The Labute approximate surface area is 127 Å². The van der Waals surface area contributed by atoms with E-state index in [2.05, 4.69) is 23.8 Å². The van der Waals surface area contributed by atoms with E-state index in [0.717, 1.165) is 10.5 Å². The maximum Gasteiger partial charge on any atom is 0.221 e. The summed E-state index contributed by atoms with van der Waals surface area (Å²) in [5.74, 6) is 1.25. The van der Waals surface area contributed by atoms with E-state index >= 15 is 0 Å². The number of phenols is 1. The Morgan fingerprint density at radius 1 is 1.24 bits per heavy atom. The first-order chi connectivity index (χ1) is 9.92. The number of hydrogen-bond acceptors (Lipinski definition) is 7. The summed E-state index contributed by atoms with van der Waals surface area (Å²) in [5.41, 5.74) is 12.4. The Morgan fingerprint density at radius 3 is 2.52 bits per heavy atom. The van der Waals surface area contributed by atoms with Crippen molar-refractivity contribution in [1.82, 2.24) is 9.97 Å². The van der Waals surface area contributed by atoms with Gasteiger partial charge in [0, 0.05) is 11.1 Å². The molecule has 1 aromatic carbocycles. The third-order valence-corrected chi connectivity index (χ3v) is 4.06. The predicted octanol–water partition coefficient (Wildman–Crippen LogP) is 2.63. The van der Waals surface area contributed by atoms with Crippen LogP contribution in [0, 0.1) is 0 Å². The molecule has 0 bridgehead atoms. The van der Waals surface area contributed by atoms with Crippen LogP contribution < -0.4 is 16.2 Å². The monoisotopic (exact) mass is 306 g/mol. The lowest BCUT2D eigenvalue weighted by atomic mass is 10.0. The van der Waals surface area contributed by atoms with Crippen LogP contribution in [-0.4, -0.2) is 22.2 Å². The number of nitrogens with two attached hydrogens (primary N) is 2. The minimum absolute atomic E-state index is 0.0827. The number of ether oxygens (including phenoxy) is 1. The third kappa shape index (κ3) is 3.30. The SMILES string of the molecule is COc1cc(C(C)C)c(Sc2cnc(N)nc2N)cc1O. The second kappa shape index (κ2) is 6.09. The van der Waals surface area contributed by atoms with Crippen LogP contribution in [0.1, 0.15) is 25.3 Å². The van der Waals surface area contributed by atoms with Gasteiger partial charge in [0.05, 0.1) is 12.0 Å². The zero-order valence-electron chi connectivity index (χ0n) is 12.1. The summed E-state index contributed by atoms with van der Waals surface area (Å²) in [4.78, 5) is 9.45. The number of anilines is 2. The van der Waals surface area contributed by atoms with Crippen LogP contribution in [0.3, 0.4) is 0 Å². The summed E-state index contributed by atoms with van der Waals surface area (Å²) in [6.45, 7) is 4.14. The van der Waals surface area contributed by atoms with E-state index in [1.165, 1.54) is 18.9 Å².